The van der Waals surface area contributed by atoms with Crippen molar-refractivity contribution in [2.24, 2.45) is 0 Å². The van der Waals surface area contributed by atoms with E-state index in [9.17, 15) is 0 Å². The summed E-state index contributed by atoms with van der Waals surface area (Å²) in [7, 11) is -27.1. The van der Waals surface area contributed by atoms with Gasteiger partial charge >= 0.3 is 0 Å². The second kappa shape index (κ2) is 25.1. The maximum Gasteiger partial charge on any atom is 0.110 e. The van der Waals surface area contributed by atoms with Crippen LogP contribution >= 0.6 is 15.3 Å². The van der Waals surface area contributed by atoms with E-state index in [-0.39, 0.29) is 0 Å². The van der Waals surface area contributed by atoms with Gasteiger partial charge in [0.1, 0.15) is 6.51 Å². The van der Waals surface area contributed by atoms with Crippen molar-refractivity contribution < 1.29 is 0 Å². The summed E-state index contributed by atoms with van der Waals surface area (Å²) < 4.78 is 0.628. The second-order valence-electron chi connectivity index (χ2n) is 41.6. The Balaban J connectivity index is 4.51. The second-order valence-corrected chi connectivity index (χ2v) is 132. The van der Waals surface area contributed by atoms with Crippen LogP contribution in [0.25, 0.3) is 0 Å². The van der Waals surface area contributed by atoms with Crippen LogP contribution in [0.15, 0.2) is 24.3 Å². The molecule has 0 heterocycles. The van der Waals surface area contributed by atoms with E-state index < -0.39 is 127 Å². The zero-order valence-corrected chi connectivity index (χ0v) is 80.7. The highest BCUT2D eigenvalue weighted by atomic mass is 79.9. The van der Waals surface area contributed by atoms with Crippen molar-refractivity contribution >= 4 is 153 Å². The largest absolute Gasteiger partial charge is 0.110 e. The first-order valence-corrected chi connectivity index (χ1v) is 88.9. The first-order valence-electron chi connectivity index (χ1n) is 32.8. The Morgan fingerprint density at radius 2 is 0.481 bits per heavy atom. The molecule has 2 aromatic rings. The van der Waals surface area contributed by atoms with Gasteiger partial charge in [0.05, 0.1) is 0 Å². The predicted molar refractivity (Wildman–Crippen MR) is 433 cm³/mol. The minimum absolute atomic E-state index is 0.312. The average molecular weight is 1440 g/mol. The molecule has 470 valence electrons. The Hall–Kier alpha value is 2.39. The highest BCUT2D eigenvalue weighted by molar-refractivity contribution is 9.25. The number of hydrogen-bond donors (Lipinski definition) is 0. The molecule has 0 saturated heterocycles. The normalized spacial score (nSPS) is 16.0. The van der Waals surface area contributed by atoms with Gasteiger partial charge in [0.2, 0.25) is 0 Å². The molecule has 0 amide bonds. The Kier molecular flexibility index (Phi) is 24.7. The summed E-state index contributed by atoms with van der Waals surface area (Å²) in [5.74, 6) is 0. The first-order chi connectivity index (χ1) is 35.0. The maximum absolute atomic E-state index is 5.44. The van der Waals surface area contributed by atoms with Gasteiger partial charge in [-0.05, 0) is 79.0 Å². The maximum atomic E-state index is 5.44. The Bertz CT molecular complexity index is 2300. The molecule has 0 nitrogen and oxygen atoms in total. The molecule has 0 aliphatic rings. The quantitative estimate of drug-likeness (QED) is 0.0687. The molecule has 81 heavy (non-hydrogen) atoms. The fourth-order valence-corrected chi connectivity index (χ4v) is 148. The molecule has 0 bridgehead atoms. The Morgan fingerprint density at radius 3 is 0.630 bits per heavy atom. The molecule has 0 fully saturated rings. The van der Waals surface area contributed by atoms with Gasteiger partial charge in [-0.15, -0.1) is 0 Å². The van der Waals surface area contributed by atoms with Crippen LogP contribution < -0.4 is 10.4 Å². The van der Waals surface area contributed by atoms with E-state index in [0.29, 0.717) is 29.2 Å². The zero-order chi connectivity index (χ0) is 65.0. The Labute approximate surface area is 535 Å². The molecule has 0 unspecified atom stereocenters. The summed E-state index contributed by atoms with van der Waals surface area (Å²) in [6.45, 7) is 120. The molecule has 2 aromatic carbocycles. The molecule has 0 aromatic heterocycles. The molecule has 0 aliphatic heterocycles. The number of benzene rings is 2. The molecule has 0 atom stereocenters. The third-order valence-corrected chi connectivity index (χ3v) is 112. The van der Waals surface area contributed by atoms with Crippen LogP contribution in [0.3, 0.4) is 0 Å². The van der Waals surface area contributed by atoms with Crippen LogP contribution in [0.1, 0.15) is 73.8 Å². The van der Waals surface area contributed by atoms with Gasteiger partial charge in [0.15, 0.2) is 0 Å². The van der Waals surface area contributed by atoms with Gasteiger partial charge in [-0.3, -0.25) is 0 Å². The van der Waals surface area contributed by atoms with Crippen molar-refractivity contribution in [1.29, 1.82) is 0 Å². The molecule has 0 saturated carbocycles. The summed E-state index contributed by atoms with van der Waals surface area (Å²) in [4.78, 5) is 0. The first kappa shape index (κ1) is 79.5. The lowest BCUT2D eigenvalue weighted by Gasteiger charge is -2.60. The van der Waals surface area contributed by atoms with Gasteiger partial charge in [-0.2, -0.15) is 0 Å². The summed E-state index contributed by atoms with van der Waals surface area (Å²) in [6, 6.07) is 14.1. The predicted octanol–water partition coefficient (Wildman–Crippen LogP) is 22.7. The van der Waals surface area contributed by atoms with E-state index in [0.717, 1.165) is 0 Å². The molecular weight excluding hydrogens is 1300 g/mol. The van der Waals surface area contributed by atoms with E-state index in [2.05, 4.69) is 306 Å². The van der Waals surface area contributed by atoms with Crippen LogP contribution in [0.5, 0.6) is 0 Å². The Morgan fingerprint density at radius 1 is 0.309 bits per heavy atom. The SMILES string of the molecule is CCCC/[Si](c1c(C([Si](C)(C)C)[Si](C)(C)C)cc(C([Si](C)(C)C)([Si](C)(C)C)[Si](C)(C)C)cc1C([Si](C)(C)C)[Si](C)(C)C)=[Si](/Br)c1c(C([Si](C)(C)C)[Si](C)(C)C)cc(C([Si](C)(C)C)([Si](C)(C)C)[Si](C)(C)C)cc1C([Si](C)(C)C)[Si](C)(C)C. The molecule has 17 heteroatoms. The summed E-state index contributed by atoms with van der Waals surface area (Å²) in [5, 5.41) is 6.76. The van der Waals surface area contributed by atoms with Crippen molar-refractivity contribution in [1.82, 2.24) is 0 Å². The van der Waals surface area contributed by atoms with Crippen molar-refractivity contribution in [3.8, 4) is 0 Å². The monoisotopic (exact) mass is 1440 g/mol. The van der Waals surface area contributed by atoms with Gasteiger partial charge in [0.25, 0.3) is 0 Å². The van der Waals surface area contributed by atoms with Gasteiger partial charge in [-0.1, -0.05) is 334 Å². The molecule has 0 aliphatic carbocycles. The van der Waals surface area contributed by atoms with Gasteiger partial charge in [0, 0.05) is 121 Å². The van der Waals surface area contributed by atoms with Gasteiger partial charge < -0.3 is 0 Å². The van der Waals surface area contributed by atoms with E-state index in [1.54, 1.807) is 0 Å². The summed E-state index contributed by atoms with van der Waals surface area (Å²) >= 11 is 5.44. The highest BCUT2D eigenvalue weighted by Crippen LogP contribution is 2.54. The fourth-order valence-electron chi connectivity index (χ4n) is 22.4. The minimum atomic E-state index is -1.86. The minimum Gasteiger partial charge on any atom is -0.0980 e. The van der Waals surface area contributed by atoms with Crippen LogP contribution in [-0.4, -0.2) is 127 Å². The van der Waals surface area contributed by atoms with Crippen LogP contribution in [0.4, 0.5) is 0 Å². The smallest absolute Gasteiger partial charge is 0.0980 e. The number of unbranched alkanes of at least 4 members (excludes halogenated alkanes) is 1. The highest BCUT2D eigenvalue weighted by Gasteiger charge is 2.63. The zero-order valence-electron chi connectivity index (χ0n) is 63.1. The van der Waals surface area contributed by atoms with E-state index in [4.69, 9.17) is 15.3 Å². The van der Waals surface area contributed by atoms with Gasteiger partial charge in [-0.25, -0.2) is 0 Å². The topological polar surface area (TPSA) is 0 Å². The number of halogens is 1. The standard InChI is InChI=1S/C64H143BrSi16/c1-44-45-46-66(57-53(59(68(2,3)4)69(5,6)7)47-51(48-54(57)60(70(8,9)10)71(11,12)13)63(76(26,27)28,77(29,30)31)78(32,33)34)67(65)58-55(61(72(14,15)16)73(17,18)19)49-52(50-56(58)62(74(20,21)22)75(23,24)25)64(79(35,36)37,80(38,39)40)81(41,42)43/h47-50,59-62H,44-46H2,1-43H3/b67-66-. The van der Waals surface area contributed by atoms with E-state index >= 15 is 0 Å². The van der Waals surface area contributed by atoms with Crippen molar-refractivity contribution in [3.05, 3.63) is 57.6 Å². The van der Waals surface area contributed by atoms with Crippen molar-refractivity contribution in [2.75, 3.05) is 0 Å². The van der Waals surface area contributed by atoms with Crippen LogP contribution in [0, 0.1) is 0 Å². The molecule has 0 radical (unpaired) electrons. The lowest BCUT2D eigenvalue weighted by Crippen LogP contribution is -2.74. The van der Waals surface area contributed by atoms with E-state index in [1.165, 1.54) is 18.9 Å². The summed E-state index contributed by atoms with van der Waals surface area (Å²) in [6.07, 6.45) is 2.62. The lowest BCUT2D eigenvalue weighted by atomic mass is 10.1. The van der Waals surface area contributed by atoms with Crippen molar-refractivity contribution in [2.45, 2.75) is 330 Å². The fraction of sp³-hybridized carbons (Fsp3) is 0.812. The lowest BCUT2D eigenvalue weighted by molar-refractivity contribution is 0.879. The summed E-state index contributed by atoms with van der Waals surface area (Å²) in [5.41, 5.74) is 11.5. The molecular formula is C64H143BrSi16. The molecule has 0 spiro atoms. The molecule has 0 N–H and O–H groups in total. The average Bonchev–Trinajstić information content (AvgIpc) is 3.07. The van der Waals surface area contributed by atoms with Crippen LogP contribution in [-0.2, 0) is 8.57 Å². The third-order valence-electron chi connectivity index (χ3n) is 19.8. The number of rotatable bonds is 25. The van der Waals surface area contributed by atoms with Crippen LogP contribution in [0.2, 0.25) is 281 Å². The third kappa shape index (κ3) is 16.4. The number of hydrogen-bond acceptors (Lipinski definition) is 0. The van der Waals surface area contributed by atoms with E-state index in [1.807, 2.05) is 43.8 Å². The molecule has 2 rings (SSSR count). The van der Waals surface area contributed by atoms with Crippen molar-refractivity contribution in [3.63, 3.8) is 0 Å².